The van der Waals surface area contributed by atoms with Crippen molar-refractivity contribution in [3.8, 4) is 11.8 Å². The second-order valence-electron chi connectivity index (χ2n) is 20.2. The lowest BCUT2D eigenvalue weighted by Gasteiger charge is -2.38. The van der Waals surface area contributed by atoms with Crippen molar-refractivity contribution in [3.63, 3.8) is 0 Å². The van der Waals surface area contributed by atoms with E-state index in [4.69, 9.17) is 5.73 Å². The van der Waals surface area contributed by atoms with E-state index in [2.05, 4.69) is 43.4 Å². The number of amides is 9. The van der Waals surface area contributed by atoms with Crippen LogP contribution in [0.4, 0.5) is 8.78 Å². The molecule has 3 aromatic carbocycles. The summed E-state index contributed by atoms with van der Waals surface area (Å²) in [6.45, 7) is 0.934. The van der Waals surface area contributed by atoms with Crippen LogP contribution >= 0.6 is 7.60 Å². The highest BCUT2D eigenvalue weighted by Gasteiger charge is 2.51. The van der Waals surface area contributed by atoms with Gasteiger partial charge in [0.1, 0.15) is 35.9 Å². The van der Waals surface area contributed by atoms with E-state index in [1.807, 2.05) is 11.0 Å². The van der Waals surface area contributed by atoms with Gasteiger partial charge in [-0.2, -0.15) is 8.78 Å². The smallest absolute Gasteiger partial charge is 0.370 e. The zero-order chi connectivity index (χ0) is 56.8. The molecule has 3 fully saturated rings. The molecule has 22 nitrogen and oxygen atoms in total. The number of alkyl halides is 2. The van der Waals surface area contributed by atoms with Crippen molar-refractivity contribution in [2.24, 2.45) is 5.73 Å². The third kappa shape index (κ3) is 13.2. The maximum absolute atomic E-state index is 14.5. The number of halogens is 2. The monoisotopic (exact) mass is 1110 g/mol. The number of piperidine rings is 1. The number of H-pyrrole nitrogens is 1. The molecular weight excluding hydrogens is 1050 g/mol. The number of carbonyl (C=O) groups excluding carboxylic acids is 9. The van der Waals surface area contributed by atoms with Crippen molar-refractivity contribution < 1.29 is 66.3 Å². The summed E-state index contributed by atoms with van der Waals surface area (Å²) in [5.41, 5.74) is 2.40. The number of primary amides is 1. The van der Waals surface area contributed by atoms with Crippen molar-refractivity contribution in [2.45, 2.75) is 119 Å². The number of nitrogens with zero attached hydrogens (tertiary/aromatic N) is 3. The minimum absolute atomic E-state index is 0.0144. The Morgan fingerprint density at radius 2 is 1.68 bits per heavy atom. The van der Waals surface area contributed by atoms with Gasteiger partial charge in [-0.3, -0.25) is 53.0 Å². The normalized spacial score (nSPS) is 20.4. The maximum atomic E-state index is 14.5. The molecule has 0 spiro atoms. The molecule has 4 aliphatic rings. The predicted molar refractivity (Wildman–Crippen MR) is 280 cm³/mol. The van der Waals surface area contributed by atoms with Gasteiger partial charge in [0.25, 0.3) is 11.8 Å². The molecule has 10 N–H and O–H groups in total. The lowest BCUT2D eigenvalue weighted by molar-refractivity contribution is -0.144. The average molecular weight is 1110 g/mol. The number of unbranched alkanes of at least 4 members (excludes halogenated alkanes) is 3. The number of rotatable bonds is 19. The number of aromatic nitrogens is 1. The number of hydrogen-bond donors (Lipinski definition) is 9. The fourth-order valence-electron chi connectivity index (χ4n) is 10.4. The van der Waals surface area contributed by atoms with Gasteiger partial charge in [-0.25, -0.2) is 0 Å². The molecule has 79 heavy (non-hydrogen) atoms. The van der Waals surface area contributed by atoms with Gasteiger partial charge in [0.15, 0.2) is 0 Å². The van der Waals surface area contributed by atoms with E-state index in [0.29, 0.717) is 61.8 Å². The number of hydrogen-bond acceptors (Lipinski definition) is 11. The zero-order valence-electron chi connectivity index (χ0n) is 43.1. The Morgan fingerprint density at radius 1 is 0.911 bits per heavy atom. The largest absolute Gasteiger partial charge is 0.399 e. The fourth-order valence-corrected chi connectivity index (χ4v) is 10.9. The van der Waals surface area contributed by atoms with Crippen LogP contribution < -0.4 is 32.3 Å². The van der Waals surface area contributed by atoms with Crippen LogP contribution in [0.5, 0.6) is 0 Å². The Kier molecular flexibility index (Phi) is 17.7. The summed E-state index contributed by atoms with van der Waals surface area (Å²) in [5.74, 6) is 0.938. The SMILES string of the molecule is CN1CC[C@H]2CC[C@@H](C(=O)NC(CCC(N)=O)C(=O)NC(C(=O)NCCCCCC#Cc3cccc4c3CN(C3CCC(=O)NC3=O)C4=O)c3ccccc3)N2C(=O)[C@@H](NC(=O)c2cc3cc(C(F)(F)P(=O)(O)O)ccc3[nH]2)C1. The van der Waals surface area contributed by atoms with Gasteiger partial charge in [-0.15, -0.1) is 0 Å². The second kappa shape index (κ2) is 24.4. The molecule has 5 heterocycles. The van der Waals surface area contributed by atoms with Crippen molar-refractivity contribution >= 4 is 71.7 Å². The van der Waals surface area contributed by atoms with Gasteiger partial charge < -0.3 is 56.5 Å². The van der Waals surface area contributed by atoms with Gasteiger partial charge in [0.05, 0.1) is 0 Å². The highest BCUT2D eigenvalue weighted by atomic mass is 31.2. The van der Waals surface area contributed by atoms with Crippen molar-refractivity contribution in [2.75, 3.05) is 26.7 Å². The molecule has 4 aliphatic heterocycles. The number of imide groups is 1. The maximum Gasteiger partial charge on any atom is 0.399 e. The van der Waals surface area contributed by atoms with E-state index in [1.165, 1.54) is 15.9 Å². The Labute approximate surface area is 452 Å². The van der Waals surface area contributed by atoms with Gasteiger partial charge in [-0.05, 0) is 100.0 Å². The summed E-state index contributed by atoms with van der Waals surface area (Å²) in [6, 6.07) is 11.5. The molecule has 9 amide bonds. The van der Waals surface area contributed by atoms with Crippen LogP contribution in [0.15, 0.2) is 72.8 Å². The molecule has 6 atom stereocenters. The Hall–Kier alpha value is -7.84. The first-order chi connectivity index (χ1) is 37.6. The third-order valence-corrected chi connectivity index (χ3v) is 15.6. The summed E-state index contributed by atoms with van der Waals surface area (Å²) in [5, 5.41) is 13.4. The van der Waals surface area contributed by atoms with Crippen molar-refractivity contribution in [1.82, 2.24) is 46.3 Å². The molecule has 3 saturated heterocycles. The van der Waals surface area contributed by atoms with Crippen LogP contribution in [0.1, 0.15) is 120 Å². The summed E-state index contributed by atoms with van der Waals surface area (Å²) in [6.07, 6.45) is 3.33. The lowest BCUT2D eigenvalue weighted by Crippen LogP contribution is -2.61. The molecule has 1 aromatic heterocycles. The molecule has 0 bridgehead atoms. The van der Waals surface area contributed by atoms with E-state index in [0.717, 1.165) is 23.8 Å². The third-order valence-electron chi connectivity index (χ3n) is 14.7. The van der Waals surface area contributed by atoms with Crippen LogP contribution in [-0.4, -0.2) is 140 Å². The molecule has 3 unspecified atom stereocenters. The Morgan fingerprint density at radius 3 is 2.42 bits per heavy atom. The first-order valence-electron chi connectivity index (χ1n) is 26.0. The number of nitrogens with two attached hydrogens (primary N) is 1. The number of benzene rings is 3. The van der Waals surface area contributed by atoms with Crippen molar-refractivity contribution in [3.05, 3.63) is 106 Å². The van der Waals surface area contributed by atoms with E-state index in [1.54, 1.807) is 49.5 Å². The molecular formula is C54H61F2N10O12P. The summed E-state index contributed by atoms with van der Waals surface area (Å²) < 4.78 is 40.6. The van der Waals surface area contributed by atoms with Gasteiger partial charge in [0, 0.05) is 72.5 Å². The summed E-state index contributed by atoms with van der Waals surface area (Å²) in [4.78, 5) is 146. The number of aromatic amines is 1. The number of carbonyl (C=O) groups is 9. The molecule has 8 rings (SSSR count). The minimum Gasteiger partial charge on any atom is -0.370 e. The lowest BCUT2D eigenvalue weighted by atomic mass is 10.0. The molecule has 0 aliphatic carbocycles. The van der Waals surface area contributed by atoms with Gasteiger partial charge >= 0.3 is 13.3 Å². The summed E-state index contributed by atoms with van der Waals surface area (Å²) in [7, 11) is -4.13. The standard InChI is InChI=1S/C54H61F2N10O12P/c1-64-26-24-35-17-20-43(66(35)53(75)41(30-64)61-48(70)40-28-33-27-34(16-18-38(33)59-40)54(55,56)79(76,77)78)50(72)60-39(19-22-44(57)67)47(69)63-46(32-12-7-5-8-13-32)51(73)58-25-9-4-2-3-6-11-31-14-10-15-36-37(31)29-65(52(36)74)42-21-23-45(68)62-49(42)71/h5,7-8,10,12-16,18,27-28,35,39,41-43,46,59H,2-4,9,17,19-26,29-30H2,1H3,(H2,57,67)(H,58,73)(H,60,72)(H,61,70)(H,63,69)(H,62,68,71)(H2,76,77,78)/t35-,39?,41+,42?,43+,46?/m1/s1. The zero-order valence-corrected chi connectivity index (χ0v) is 44.0. The topological polar surface area (TPSA) is 323 Å². The quantitative estimate of drug-likeness (QED) is 0.0282. The van der Waals surface area contributed by atoms with E-state index in [-0.39, 0.29) is 80.1 Å². The van der Waals surface area contributed by atoms with Crippen LogP contribution in [0.25, 0.3) is 10.9 Å². The molecule has 4 aromatic rings. The first kappa shape index (κ1) is 57.3. The molecule has 25 heteroatoms. The van der Waals surface area contributed by atoms with Gasteiger partial charge in [0.2, 0.25) is 41.4 Å². The van der Waals surface area contributed by atoms with Crippen molar-refractivity contribution in [1.29, 1.82) is 0 Å². The van der Waals surface area contributed by atoms with E-state index >= 15 is 0 Å². The van der Waals surface area contributed by atoms with Crippen LogP contribution in [0.2, 0.25) is 0 Å². The fraction of sp³-hybridized carbons (Fsp3) is 0.426. The predicted octanol–water partition coefficient (Wildman–Crippen LogP) is 2.29. The number of nitrogens with one attached hydrogen (secondary N) is 6. The van der Waals surface area contributed by atoms with Crippen LogP contribution in [-0.2, 0) is 50.3 Å². The second-order valence-corrected chi connectivity index (χ2v) is 21.8. The summed E-state index contributed by atoms with van der Waals surface area (Å²) >= 11 is 0. The Bertz CT molecular complexity index is 3180. The highest BCUT2D eigenvalue weighted by Crippen LogP contribution is 2.59. The van der Waals surface area contributed by atoms with Gasteiger partial charge in [-0.1, -0.05) is 60.7 Å². The Balaban J connectivity index is 0.874. The van der Waals surface area contributed by atoms with E-state index in [9.17, 15) is 66.3 Å². The number of fused-ring (bicyclic) bond motifs is 3. The molecule has 418 valence electrons. The molecule has 0 radical (unpaired) electrons. The average Bonchev–Trinajstić information content (AvgIpc) is 4.31. The molecule has 0 saturated carbocycles. The highest BCUT2D eigenvalue weighted by molar-refractivity contribution is 7.52. The van der Waals surface area contributed by atoms with Crippen LogP contribution in [0, 0.1) is 11.8 Å². The van der Waals surface area contributed by atoms with E-state index < -0.39 is 96.4 Å². The van der Waals surface area contributed by atoms with Crippen LogP contribution in [0.3, 0.4) is 0 Å². The number of likely N-dealkylation sites (N-methyl/N-ethyl adjacent to an activating group) is 1. The first-order valence-corrected chi connectivity index (χ1v) is 27.6. The minimum atomic E-state index is -5.88.